The molecule has 0 amide bonds. The SMILES string of the molecule is O=COC(=O)c1ccnc2ccccc12. The Bertz CT molecular complexity index is 517. The summed E-state index contributed by atoms with van der Waals surface area (Å²) in [5, 5.41) is 0.673. The van der Waals surface area contributed by atoms with Gasteiger partial charge in [-0.1, -0.05) is 18.2 Å². The number of hydrogen-bond donors (Lipinski definition) is 0. The van der Waals surface area contributed by atoms with E-state index in [1.165, 1.54) is 12.3 Å². The molecule has 0 spiro atoms. The van der Waals surface area contributed by atoms with Gasteiger partial charge < -0.3 is 4.74 Å². The molecule has 1 aromatic carbocycles. The molecule has 0 fully saturated rings. The maximum atomic E-state index is 11.4. The molecule has 1 aromatic heterocycles. The Morgan fingerprint density at radius 3 is 2.87 bits per heavy atom. The molecule has 0 saturated heterocycles. The second-order valence-electron chi connectivity index (χ2n) is 2.88. The minimum atomic E-state index is -0.663. The van der Waals surface area contributed by atoms with Gasteiger partial charge in [0, 0.05) is 11.6 Å². The molecule has 2 rings (SSSR count). The number of esters is 1. The van der Waals surface area contributed by atoms with Crippen LogP contribution in [0.4, 0.5) is 0 Å². The van der Waals surface area contributed by atoms with Gasteiger partial charge in [-0.25, -0.2) is 4.79 Å². The van der Waals surface area contributed by atoms with Crippen LogP contribution in [0.2, 0.25) is 0 Å². The fraction of sp³-hybridized carbons (Fsp3) is 0. The lowest BCUT2D eigenvalue weighted by Crippen LogP contribution is -2.04. The number of ether oxygens (including phenoxy) is 1. The summed E-state index contributed by atoms with van der Waals surface area (Å²) in [6.07, 6.45) is 1.50. The average Bonchev–Trinajstić information content (AvgIpc) is 2.28. The van der Waals surface area contributed by atoms with Crippen molar-refractivity contribution in [3.05, 3.63) is 42.1 Å². The van der Waals surface area contributed by atoms with Crippen LogP contribution >= 0.6 is 0 Å². The highest BCUT2D eigenvalue weighted by Crippen LogP contribution is 2.16. The highest BCUT2D eigenvalue weighted by Gasteiger charge is 2.10. The first-order chi connectivity index (χ1) is 7.33. The molecule has 0 N–H and O–H groups in total. The molecule has 4 nitrogen and oxygen atoms in total. The van der Waals surface area contributed by atoms with E-state index in [1.54, 1.807) is 18.2 Å². The number of pyridine rings is 1. The predicted octanol–water partition coefficient (Wildman–Crippen LogP) is 1.55. The number of para-hydroxylation sites is 1. The van der Waals surface area contributed by atoms with Crippen molar-refractivity contribution in [3.8, 4) is 0 Å². The molecular formula is C11H7NO3. The Morgan fingerprint density at radius 2 is 2.07 bits per heavy atom. The monoisotopic (exact) mass is 201 g/mol. The summed E-state index contributed by atoms with van der Waals surface area (Å²) in [4.78, 5) is 25.5. The van der Waals surface area contributed by atoms with Gasteiger partial charge in [-0.2, -0.15) is 0 Å². The van der Waals surface area contributed by atoms with Crippen molar-refractivity contribution in [2.75, 3.05) is 0 Å². The third kappa shape index (κ3) is 1.69. The Labute approximate surface area is 85.5 Å². The maximum Gasteiger partial charge on any atom is 0.346 e. The maximum absolute atomic E-state index is 11.4. The average molecular weight is 201 g/mol. The first kappa shape index (κ1) is 9.33. The van der Waals surface area contributed by atoms with Gasteiger partial charge in [0.15, 0.2) is 0 Å². The third-order valence-electron chi connectivity index (χ3n) is 2.02. The van der Waals surface area contributed by atoms with Crippen LogP contribution < -0.4 is 0 Å². The van der Waals surface area contributed by atoms with Crippen molar-refractivity contribution in [2.24, 2.45) is 0 Å². The number of fused-ring (bicyclic) bond motifs is 1. The normalized spacial score (nSPS) is 9.87. The van der Waals surface area contributed by atoms with Crippen LogP contribution in [0.15, 0.2) is 36.5 Å². The summed E-state index contributed by atoms with van der Waals surface area (Å²) in [5.41, 5.74) is 1.03. The van der Waals surface area contributed by atoms with Gasteiger partial charge in [-0.15, -0.1) is 0 Å². The third-order valence-corrected chi connectivity index (χ3v) is 2.02. The van der Waals surface area contributed by atoms with Crippen molar-refractivity contribution in [3.63, 3.8) is 0 Å². The van der Waals surface area contributed by atoms with Gasteiger partial charge in [0.05, 0.1) is 11.1 Å². The molecule has 0 bridgehead atoms. The fourth-order valence-electron chi connectivity index (χ4n) is 1.38. The summed E-state index contributed by atoms with van der Waals surface area (Å²) in [7, 11) is 0. The van der Waals surface area contributed by atoms with Crippen LogP contribution in [0.1, 0.15) is 10.4 Å². The number of nitrogens with zero attached hydrogens (tertiary/aromatic N) is 1. The van der Waals surface area contributed by atoms with E-state index in [9.17, 15) is 9.59 Å². The van der Waals surface area contributed by atoms with E-state index < -0.39 is 5.97 Å². The molecular weight excluding hydrogens is 194 g/mol. The Kier molecular flexibility index (Phi) is 2.41. The molecule has 0 aliphatic carbocycles. The van der Waals surface area contributed by atoms with E-state index in [0.717, 1.165) is 0 Å². The molecule has 1 heterocycles. The first-order valence-electron chi connectivity index (χ1n) is 4.31. The van der Waals surface area contributed by atoms with Gasteiger partial charge in [0.25, 0.3) is 0 Å². The number of carbonyl (C=O) groups is 2. The van der Waals surface area contributed by atoms with Gasteiger partial charge in [0.1, 0.15) is 0 Å². The molecule has 2 aromatic rings. The van der Waals surface area contributed by atoms with E-state index in [1.807, 2.05) is 6.07 Å². The van der Waals surface area contributed by atoms with E-state index in [2.05, 4.69) is 9.72 Å². The van der Waals surface area contributed by atoms with Gasteiger partial charge >= 0.3 is 12.4 Å². The summed E-state index contributed by atoms with van der Waals surface area (Å²) in [6.45, 7) is 0.123. The fourth-order valence-corrected chi connectivity index (χ4v) is 1.38. The second kappa shape index (κ2) is 3.88. The number of aromatic nitrogens is 1. The Hall–Kier alpha value is -2.23. The number of rotatable bonds is 2. The second-order valence-corrected chi connectivity index (χ2v) is 2.88. The predicted molar refractivity (Wildman–Crippen MR) is 53.2 cm³/mol. The van der Waals surface area contributed by atoms with Gasteiger partial charge in [-0.05, 0) is 12.1 Å². The molecule has 0 saturated carbocycles. The Morgan fingerprint density at radius 1 is 1.27 bits per heavy atom. The van der Waals surface area contributed by atoms with Gasteiger partial charge in [0.2, 0.25) is 0 Å². The van der Waals surface area contributed by atoms with Crippen molar-refractivity contribution in [2.45, 2.75) is 0 Å². The van der Waals surface area contributed by atoms with E-state index in [4.69, 9.17) is 0 Å². The van der Waals surface area contributed by atoms with Crippen molar-refractivity contribution in [1.29, 1.82) is 0 Å². The molecule has 0 aliphatic rings. The molecule has 0 radical (unpaired) electrons. The summed E-state index contributed by atoms with van der Waals surface area (Å²) in [6, 6.07) is 8.68. The summed E-state index contributed by atoms with van der Waals surface area (Å²) < 4.78 is 4.29. The minimum absolute atomic E-state index is 0.123. The largest absolute Gasteiger partial charge is 0.392 e. The molecule has 74 valence electrons. The minimum Gasteiger partial charge on any atom is -0.392 e. The summed E-state index contributed by atoms with van der Waals surface area (Å²) in [5.74, 6) is -0.663. The highest BCUT2D eigenvalue weighted by atomic mass is 16.6. The zero-order valence-corrected chi connectivity index (χ0v) is 7.71. The van der Waals surface area contributed by atoms with Crippen LogP contribution in [0.5, 0.6) is 0 Å². The van der Waals surface area contributed by atoms with Crippen molar-refractivity contribution >= 4 is 23.3 Å². The standard InChI is InChI=1S/C11H7NO3/c13-7-15-11(14)9-5-6-12-10-4-2-1-3-8(9)10/h1-7H. The van der Waals surface area contributed by atoms with E-state index in [0.29, 0.717) is 16.5 Å². The van der Waals surface area contributed by atoms with Crippen molar-refractivity contribution < 1.29 is 14.3 Å². The molecule has 0 atom stereocenters. The quantitative estimate of drug-likeness (QED) is 0.420. The number of hydrogen-bond acceptors (Lipinski definition) is 4. The molecule has 4 heteroatoms. The molecule has 15 heavy (non-hydrogen) atoms. The highest BCUT2D eigenvalue weighted by molar-refractivity contribution is 6.04. The van der Waals surface area contributed by atoms with Crippen LogP contribution in [-0.4, -0.2) is 17.4 Å². The number of carbonyl (C=O) groups excluding carboxylic acids is 2. The van der Waals surface area contributed by atoms with Crippen LogP contribution in [0, 0.1) is 0 Å². The first-order valence-corrected chi connectivity index (χ1v) is 4.31. The van der Waals surface area contributed by atoms with E-state index in [-0.39, 0.29) is 6.47 Å². The lowest BCUT2D eigenvalue weighted by atomic mass is 10.1. The van der Waals surface area contributed by atoms with Crippen LogP contribution in [-0.2, 0) is 9.53 Å². The molecule has 0 aliphatic heterocycles. The zero-order chi connectivity index (χ0) is 10.7. The van der Waals surface area contributed by atoms with E-state index >= 15 is 0 Å². The molecule has 0 unspecified atom stereocenters. The van der Waals surface area contributed by atoms with Crippen LogP contribution in [0.3, 0.4) is 0 Å². The zero-order valence-electron chi connectivity index (χ0n) is 7.71. The Balaban J connectivity index is 2.60. The number of benzene rings is 1. The van der Waals surface area contributed by atoms with Crippen LogP contribution in [0.25, 0.3) is 10.9 Å². The smallest absolute Gasteiger partial charge is 0.346 e. The van der Waals surface area contributed by atoms with Crippen molar-refractivity contribution in [1.82, 2.24) is 4.98 Å². The lowest BCUT2D eigenvalue weighted by Gasteiger charge is -2.01. The van der Waals surface area contributed by atoms with Gasteiger partial charge in [-0.3, -0.25) is 9.78 Å². The lowest BCUT2D eigenvalue weighted by molar-refractivity contribution is -0.123. The topological polar surface area (TPSA) is 56.3 Å². The summed E-state index contributed by atoms with van der Waals surface area (Å²) >= 11 is 0.